The highest BCUT2D eigenvalue weighted by Gasteiger charge is 2.14. The first kappa shape index (κ1) is 12.5. The maximum absolute atomic E-state index is 3.80. The largest absolute Gasteiger partial charge is 0.316 e. The Morgan fingerprint density at radius 1 is 1.20 bits per heavy atom. The Bertz CT molecular complexity index is 171. The van der Waals surface area contributed by atoms with E-state index in [1.165, 1.54) is 38.9 Å². The smallest absolute Gasteiger partial charge is 0.0164 e. The molecule has 1 atom stereocenters. The number of rotatable bonds is 6. The van der Waals surface area contributed by atoms with E-state index in [0.29, 0.717) is 0 Å². The Labute approximate surface area is 94.0 Å². The van der Waals surface area contributed by atoms with Crippen molar-refractivity contribution in [1.29, 1.82) is 0 Å². The van der Waals surface area contributed by atoms with Crippen molar-refractivity contribution < 1.29 is 0 Å². The summed E-state index contributed by atoms with van der Waals surface area (Å²) in [6.07, 6.45) is 8.02. The van der Waals surface area contributed by atoms with E-state index >= 15 is 0 Å². The van der Waals surface area contributed by atoms with Gasteiger partial charge < -0.3 is 5.32 Å². The minimum absolute atomic E-state index is 0.799. The molecule has 0 aromatic heterocycles. The zero-order valence-electron chi connectivity index (χ0n) is 9.75. The van der Waals surface area contributed by atoms with Crippen LogP contribution in [-0.2, 0) is 0 Å². The maximum Gasteiger partial charge on any atom is 0.0164 e. The topological polar surface area (TPSA) is 15.3 Å². The van der Waals surface area contributed by atoms with E-state index in [-0.39, 0.29) is 0 Å². The van der Waals surface area contributed by atoms with E-state index in [0.717, 1.165) is 19.0 Å². The molecular weight excluding hydrogens is 184 g/mol. The second-order valence-corrected chi connectivity index (χ2v) is 4.36. The standard InChI is InChI=1S/C13H24N2/c1-3-9-15(10-4-2)12-13-7-5-6-8-14-11-13/h3-4,13-14H,1-2,5-12H2. The highest BCUT2D eigenvalue weighted by Crippen LogP contribution is 2.12. The van der Waals surface area contributed by atoms with Gasteiger partial charge in [0.2, 0.25) is 0 Å². The molecule has 1 N–H and O–H groups in total. The fourth-order valence-corrected chi connectivity index (χ4v) is 2.20. The lowest BCUT2D eigenvalue weighted by Gasteiger charge is -2.24. The summed E-state index contributed by atoms with van der Waals surface area (Å²) in [5.74, 6) is 0.799. The van der Waals surface area contributed by atoms with E-state index < -0.39 is 0 Å². The molecule has 0 amide bonds. The lowest BCUT2D eigenvalue weighted by Crippen LogP contribution is -2.34. The second-order valence-electron chi connectivity index (χ2n) is 4.36. The molecule has 86 valence electrons. The van der Waals surface area contributed by atoms with Crippen molar-refractivity contribution in [1.82, 2.24) is 10.2 Å². The number of nitrogens with one attached hydrogen (secondary N) is 1. The Morgan fingerprint density at radius 3 is 2.60 bits per heavy atom. The van der Waals surface area contributed by atoms with Crippen LogP contribution in [-0.4, -0.2) is 37.6 Å². The van der Waals surface area contributed by atoms with Crippen LogP contribution in [0.25, 0.3) is 0 Å². The van der Waals surface area contributed by atoms with Crippen molar-refractivity contribution in [3.63, 3.8) is 0 Å². The minimum Gasteiger partial charge on any atom is -0.316 e. The summed E-state index contributed by atoms with van der Waals surface area (Å²) in [5, 5.41) is 3.51. The maximum atomic E-state index is 3.80. The predicted molar refractivity (Wildman–Crippen MR) is 67.0 cm³/mol. The summed E-state index contributed by atoms with van der Waals surface area (Å²) in [7, 11) is 0. The molecule has 0 aromatic rings. The van der Waals surface area contributed by atoms with Crippen LogP contribution in [0.4, 0.5) is 0 Å². The average molecular weight is 208 g/mol. The van der Waals surface area contributed by atoms with Gasteiger partial charge in [-0.2, -0.15) is 0 Å². The highest BCUT2D eigenvalue weighted by atomic mass is 15.1. The molecule has 1 heterocycles. The quantitative estimate of drug-likeness (QED) is 0.672. The molecule has 0 spiro atoms. The zero-order chi connectivity index (χ0) is 10.9. The molecule has 1 rings (SSSR count). The van der Waals surface area contributed by atoms with Crippen LogP contribution < -0.4 is 5.32 Å². The summed E-state index contributed by atoms with van der Waals surface area (Å²) in [4.78, 5) is 2.41. The Morgan fingerprint density at radius 2 is 1.93 bits per heavy atom. The van der Waals surface area contributed by atoms with Gasteiger partial charge >= 0.3 is 0 Å². The molecule has 1 fully saturated rings. The Balaban J connectivity index is 2.33. The molecular formula is C13H24N2. The van der Waals surface area contributed by atoms with Gasteiger partial charge in [-0.25, -0.2) is 0 Å². The van der Waals surface area contributed by atoms with E-state index in [2.05, 4.69) is 23.4 Å². The van der Waals surface area contributed by atoms with Crippen LogP contribution in [0.1, 0.15) is 19.3 Å². The SMILES string of the molecule is C=CCN(CC=C)CC1CCCCNC1. The molecule has 0 aromatic carbocycles. The van der Waals surface area contributed by atoms with Crippen LogP contribution in [0, 0.1) is 5.92 Å². The first-order valence-corrected chi connectivity index (χ1v) is 6.01. The highest BCUT2D eigenvalue weighted by molar-refractivity contribution is 4.82. The molecule has 2 heteroatoms. The lowest BCUT2D eigenvalue weighted by atomic mass is 10.0. The Kier molecular flexibility index (Phi) is 6.37. The van der Waals surface area contributed by atoms with Gasteiger partial charge in [-0.3, -0.25) is 4.90 Å². The van der Waals surface area contributed by atoms with Crippen molar-refractivity contribution in [3.8, 4) is 0 Å². The number of nitrogens with zero attached hydrogens (tertiary/aromatic N) is 1. The average Bonchev–Trinajstić information content (AvgIpc) is 2.47. The number of hydrogen-bond acceptors (Lipinski definition) is 2. The van der Waals surface area contributed by atoms with Crippen molar-refractivity contribution in [3.05, 3.63) is 25.3 Å². The molecule has 1 aliphatic rings. The van der Waals surface area contributed by atoms with Crippen LogP contribution in [0.2, 0.25) is 0 Å². The summed E-state index contributed by atoms with van der Waals surface area (Å²) in [6, 6.07) is 0. The molecule has 0 aliphatic carbocycles. The lowest BCUT2D eigenvalue weighted by molar-refractivity contribution is 0.266. The first-order valence-electron chi connectivity index (χ1n) is 6.01. The summed E-state index contributed by atoms with van der Waals surface area (Å²) in [6.45, 7) is 13.1. The molecule has 1 saturated heterocycles. The zero-order valence-corrected chi connectivity index (χ0v) is 9.75. The fourth-order valence-electron chi connectivity index (χ4n) is 2.20. The van der Waals surface area contributed by atoms with Crippen molar-refractivity contribution in [2.75, 3.05) is 32.7 Å². The van der Waals surface area contributed by atoms with Crippen LogP contribution >= 0.6 is 0 Å². The van der Waals surface area contributed by atoms with Gasteiger partial charge in [0, 0.05) is 19.6 Å². The summed E-state index contributed by atoms with van der Waals surface area (Å²) in [5.41, 5.74) is 0. The van der Waals surface area contributed by atoms with E-state index in [9.17, 15) is 0 Å². The van der Waals surface area contributed by atoms with E-state index in [1.807, 2.05) is 12.2 Å². The normalized spacial score (nSPS) is 22.3. The number of hydrogen-bond donors (Lipinski definition) is 1. The molecule has 0 bridgehead atoms. The van der Waals surface area contributed by atoms with Crippen molar-refractivity contribution in [2.24, 2.45) is 5.92 Å². The minimum atomic E-state index is 0.799. The molecule has 15 heavy (non-hydrogen) atoms. The molecule has 0 radical (unpaired) electrons. The van der Waals surface area contributed by atoms with E-state index in [1.54, 1.807) is 0 Å². The Hall–Kier alpha value is -0.600. The first-order chi connectivity index (χ1) is 7.36. The van der Waals surface area contributed by atoms with Gasteiger partial charge in [-0.05, 0) is 31.8 Å². The van der Waals surface area contributed by atoms with Crippen LogP contribution in [0.5, 0.6) is 0 Å². The van der Waals surface area contributed by atoms with E-state index in [4.69, 9.17) is 0 Å². The van der Waals surface area contributed by atoms with Gasteiger partial charge in [0.15, 0.2) is 0 Å². The summed E-state index contributed by atoms with van der Waals surface area (Å²) < 4.78 is 0. The molecule has 1 unspecified atom stereocenters. The van der Waals surface area contributed by atoms with Crippen LogP contribution in [0.15, 0.2) is 25.3 Å². The molecule has 0 saturated carbocycles. The molecule has 1 aliphatic heterocycles. The second kappa shape index (κ2) is 7.66. The van der Waals surface area contributed by atoms with Gasteiger partial charge in [0.05, 0.1) is 0 Å². The van der Waals surface area contributed by atoms with Gasteiger partial charge in [0.25, 0.3) is 0 Å². The van der Waals surface area contributed by atoms with Gasteiger partial charge in [0.1, 0.15) is 0 Å². The van der Waals surface area contributed by atoms with Gasteiger partial charge in [-0.15, -0.1) is 13.2 Å². The third kappa shape index (κ3) is 5.14. The molecule has 2 nitrogen and oxygen atoms in total. The van der Waals surface area contributed by atoms with Crippen molar-refractivity contribution in [2.45, 2.75) is 19.3 Å². The fraction of sp³-hybridized carbons (Fsp3) is 0.692. The van der Waals surface area contributed by atoms with Gasteiger partial charge in [-0.1, -0.05) is 18.6 Å². The summed E-state index contributed by atoms with van der Waals surface area (Å²) >= 11 is 0. The predicted octanol–water partition coefficient (Wildman–Crippen LogP) is 2.05. The van der Waals surface area contributed by atoms with Crippen molar-refractivity contribution >= 4 is 0 Å². The van der Waals surface area contributed by atoms with Crippen LogP contribution in [0.3, 0.4) is 0 Å². The third-order valence-electron chi connectivity index (χ3n) is 2.94. The monoisotopic (exact) mass is 208 g/mol. The third-order valence-corrected chi connectivity index (χ3v) is 2.94.